The van der Waals surface area contributed by atoms with Crippen molar-refractivity contribution in [1.82, 2.24) is 0 Å². The molecular weight excluding hydrogens is 368 g/mol. The minimum absolute atomic E-state index is 0.143. The van der Waals surface area contributed by atoms with E-state index in [2.05, 4.69) is 6.58 Å². The minimum Gasteiger partial charge on any atom is -0.394 e. The molecule has 8 N–H and O–H groups in total. The van der Waals surface area contributed by atoms with Gasteiger partial charge in [-0.05, 0) is 12.8 Å². The molecule has 2 saturated heterocycles. The Balaban J connectivity index is 2.29. The first kappa shape index (κ1) is 22.6. The molecule has 0 aromatic heterocycles. The third kappa shape index (κ3) is 3.91. The average molecular weight is 396 g/mol. The quantitative estimate of drug-likeness (QED) is 0.186. The maximum Gasteiger partial charge on any atom is 0.224 e. The fraction of sp³-hybridized carbons (Fsp3) is 0.875. The fourth-order valence-corrected chi connectivity index (χ4v) is 3.38. The zero-order chi connectivity index (χ0) is 20.4. The summed E-state index contributed by atoms with van der Waals surface area (Å²) in [7, 11) is 0. The summed E-state index contributed by atoms with van der Waals surface area (Å²) in [6.45, 7) is 1.12. The topological polar surface area (TPSA) is 190 Å². The van der Waals surface area contributed by atoms with Crippen LogP contribution in [0.5, 0.6) is 0 Å². The first-order valence-electron chi connectivity index (χ1n) is 8.60. The van der Waals surface area contributed by atoms with Crippen LogP contribution >= 0.6 is 0 Å². The highest BCUT2D eigenvalue weighted by Crippen LogP contribution is 2.39. The summed E-state index contributed by atoms with van der Waals surface area (Å²) in [6.07, 6.45) is -9.76. The van der Waals surface area contributed by atoms with E-state index >= 15 is 0 Å². The first-order valence-corrected chi connectivity index (χ1v) is 8.60. The van der Waals surface area contributed by atoms with Crippen molar-refractivity contribution in [3.8, 4) is 0 Å². The van der Waals surface area contributed by atoms with Crippen molar-refractivity contribution >= 4 is 0 Å². The number of allylic oxidation sites excluding steroid dienone is 1. The van der Waals surface area contributed by atoms with E-state index in [1.165, 1.54) is 6.08 Å². The van der Waals surface area contributed by atoms with Crippen LogP contribution in [0.4, 0.5) is 0 Å². The summed E-state index contributed by atoms with van der Waals surface area (Å²) in [4.78, 5) is 0. The molecule has 158 valence electrons. The third-order valence-electron chi connectivity index (χ3n) is 5.09. The molecule has 2 fully saturated rings. The van der Waals surface area contributed by atoms with Crippen molar-refractivity contribution in [3.63, 3.8) is 0 Å². The lowest BCUT2D eigenvalue weighted by atomic mass is 9.80. The van der Waals surface area contributed by atoms with Gasteiger partial charge in [0.25, 0.3) is 0 Å². The average Bonchev–Trinajstić information content (AvgIpc) is 2.92. The monoisotopic (exact) mass is 396 g/mol. The fourth-order valence-electron chi connectivity index (χ4n) is 3.38. The second-order valence-electron chi connectivity index (χ2n) is 6.80. The van der Waals surface area contributed by atoms with E-state index in [9.17, 15) is 40.9 Å². The molecular formula is C16H28O11. The molecule has 11 heteroatoms. The molecule has 0 aromatic rings. The molecule has 2 aliphatic heterocycles. The van der Waals surface area contributed by atoms with Gasteiger partial charge in [0.05, 0.1) is 13.2 Å². The van der Waals surface area contributed by atoms with Gasteiger partial charge in [-0.15, -0.1) is 6.58 Å². The summed E-state index contributed by atoms with van der Waals surface area (Å²) >= 11 is 0. The lowest BCUT2D eigenvalue weighted by molar-refractivity contribution is -0.397. The van der Waals surface area contributed by atoms with Gasteiger partial charge in [0, 0.05) is 0 Å². The minimum atomic E-state index is -2.26. The number of rotatable bonds is 8. The second-order valence-corrected chi connectivity index (χ2v) is 6.80. The normalized spacial score (nSPS) is 47.9. The van der Waals surface area contributed by atoms with Crippen LogP contribution < -0.4 is 0 Å². The van der Waals surface area contributed by atoms with Crippen molar-refractivity contribution in [3.05, 3.63) is 12.7 Å². The van der Waals surface area contributed by atoms with E-state index in [1.807, 2.05) is 0 Å². The molecule has 2 rings (SSSR count). The van der Waals surface area contributed by atoms with Gasteiger partial charge in [0.2, 0.25) is 5.79 Å². The molecule has 27 heavy (non-hydrogen) atoms. The third-order valence-corrected chi connectivity index (χ3v) is 5.09. The van der Waals surface area contributed by atoms with Crippen molar-refractivity contribution in [2.24, 2.45) is 0 Å². The van der Waals surface area contributed by atoms with Crippen LogP contribution in [0.15, 0.2) is 12.7 Å². The van der Waals surface area contributed by atoms with Crippen molar-refractivity contribution in [2.45, 2.75) is 67.1 Å². The molecule has 0 bridgehead atoms. The molecule has 11 nitrogen and oxygen atoms in total. The Morgan fingerprint density at radius 2 is 1.59 bits per heavy atom. The van der Waals surface area contributed by atoms with E-state index in [4.69, 9.17) is 14.2 Å². The smallest absolute Gasteiger partial charge is 0.224 e. The Kier molecular flexibility index (Phi) is 7.33. The molecule has 0 radical (unpaired) electrons. The van der Waals surface area contributed by atoms with Crippen LogP contribution in [0.1, 0.15) is 12.8 Å². The summed E-state index contributed by atoms with van der Waals surface area (Å²) in [5.74, 6) is -2.26. The largest absolute Gasteiger partial charge is 0.394 e. The molecule has 2 heterocycles. The second kappa shape index (κ2) is 8.76. The molecule has 0 aromatic carbocycles. The summed E-state index contributed by atoms with van der Waals surface area (Å²) < 4.78 is 15.9. The number of hydrogen-bond acceptors (Lipinski definition) is 11. The van der Waals surface area contributed by atoms with E-state index in [-0.39, 0.29) is 12.8 Å². The van der Waals surface area contributed by atoms with Crippen molar-refractivity contribution in [2.75, 3.05) is 19.8 Å². The summed E-state index contributed by atoms with van der Waals surface area (Å²) in [5.41, 5.74) is -2.15. The van der Waals surface area contributed by atoms with Gasteiger partial charge in [0.1, 0.15) is 48.8 Å². The van der Waals surface area contributed by atoms with Crippen LogP contribution in [0.2, 0.25) is 0 Å². The molecule has 2 aliphatic rings. The highest BCUT2D eigenvalue weighted by molar-refractivity contribution is 5.04. The van der Waals surface area contributed by atoms with Crippen molar-refractivity contribution in [1.29, 1.82) is 0 Å². The lowest BCUT2D eigenvalue weighted by Crippen LogP contribution is -2.69. The van der Waals surface area contributed by atoms with Gasteiger partial charge in [-0.1, -0.05) is 6.08 Å². The van der Waals surface area contributed by atoms with Gasteiger partial charge in [-0.2, -0.15) is 0 Å². The molecule has 0 amide bonds. The maximum atomic E-state index is 10.8. The number of aliphatic hydroxyl groups excluding tert-OH is 7. The van der Waals surface area contributed by atoms with E-state index in [1.54, 1.807) is 0 Å². The maximum absolute atomic E-state index is 10.8. The number of aliphatic hydroxyl groups is 8. The summed E-state index contributed by atoms with van der Waals surface area (Å²) in [5, 5.41) is 80.0. The Morgan fingerprint density at radius 1 is 0.963 bits per heavy atom. The molecule has 0 spiro atoms. The number of hydrogen-bond donors (Lipinski definition) is 8. The van der Waals surface area contributed by atoms with Crippen LogP contribution in [0.25, 0.3) is 0 Å². The zero-order valence-corrected chi connectivity index (χ0v) is 14.7. The van der Waals surface area contributed by atoms with E-state index < -0.39 is 74.1 Å². The molecule has 0 aliphatic carbocycles. The SMILES string of the molecule is C=CCC[C@]1(O)[C@@H](O)[C@@H](O[C@@]2(CO)O[C@@H](CO)[C@@H](O)[C@H]2O)O[C@@H](CO)[C@@H]1O. The molecule has 9 atom stereocenters. The van der Waals surface area contributed by atoms with Gasteiger partial charge in [-0.25, -0.2) is 0 Å². The highest BCUT2D eigenvalue weighted by Gasteiger charge is 2.61. The Bertz CT molecular complexity index is 505. The number of ether oxygens (including phenoxy) is 3. The van der Waals surface area contributed by atoms with Crippen LogP contribution in [-0.2, 0) is 14.2 Å². The van der Waals surface area contributed by atoms with E-state index in [0.29, 0.717) is 0 Å². The predicted octanol–water partition coefficient (Wildman–Crippen LogP) is -4.06. The van der Waals surface area contributed by atoms with Crippen molar-refractivity contribution < 1.29 is 55.1 Å². The first-order chi connectivity index (χ1) is 12.7. The summed E-state index contributed by atoms with van der Waals surface area (Å²) in [6, 6.07) is 0. The van der Waals surface area contributed by atoms with Crippen LogP contribution in [0.3, 0.4) is 0 Å². The van der Waals surface area contributed by atoms with Gasteiger partial charge >= 0.3 is 0 Å². The van der Waals surface area contributed by atoms with Crippen LogP contribution in [0, 0.1) is 0 Å². The lowest BCUT2D eigenvalue weighted by Gasteiger charge is -2.49. The predicted molar refractivity (Wildman–Crippen MR) is 87.0 cm³/mol. The van der Waals surface area contributed by atoms with Gasteiger partial charge in [0.15, 0.2) is 6.29 Å². The zero-order valence-electron chi connectivity index (χ0n) is 14.7. The van der Waals surface area contributed by atoms with Crippen LogP contribution in [-0.4, -0.2) is 115 Å². The van der Waals surface area contributed by atoms with Gasteiger partial charge in [-0.3, -0.25) is 0 Å². The Hall–Kier alpha value is -0.700. The molecule has 0 saturated carbocycles. The van der Waals surface area contributed by atoms with Gasteiger partial charge < -0.3 is 55.1 Å². The van der Waals surface area contributed by atoms with E-state index in [0.717, 1.165) is 0 Å². The molecule has 0 unspecified atom stereocenters. The standard InChI is InChI=1S/C16H28O11/c1-2-3-4-15(24)11(21)9(6-18)25-14(13(15)23)27-16(7-19)12(22)10(20)8(5-17)26-16/h2,8-14,17-24H,1,3-7H2/t8-,9-,10+,11-,12+,13-,14+,15+,16+/m0/s1. The Morgan fingerprint density at radius 3 is 2.07 bits per heavy atom. The highest BCUT2D eigenvalue weighted by atomic mass is 16.8. The Labute approximate surface area is 155 Å².